The van der Waals surface area contributed by atoms with Crippen molar-refractivity contribution < 1.29 is 23.1 Å². The topological polar surface area (TPSA) is 68.0 Å². The van der Waals surface area contributed by atoms with Crippen molar-refractivity contribution in [2.45, 2.75) is 64.6 Å². The van der Waals surface area contributed by atoms with Crippen LogP contribution in [0.4, 0.5) is 13.2 Å². The van der Waals surface area contributed by atoms with Crippen LogP contribution in [0.1, 0.15) is 57.7 Å². The average molecular weight is 531 g/mol. The summed E-state index contributed by atoms with van der Waals surface area (Å²) in [5.74, 6) is -0.486. The molecule has 0 unspecified atom stereocenters. The van der Waals surface area contributed by atoms with Gasteiger partial charge in [0.1, 0.15) is 11.7 Å². The van der Waals surface area contributed by atoms with Crippen molar-refractivity contribution in [3.05, 3.63) is 53.2 Å². The van der Waals surface area contributed by atoms with Gasteiger partial charge in [-0.05, 0) is 73.1 Å². The number of allylic oxidation sites excluding steroid dienone is 1. The predicted octanol–water partition coefficient (Wildman–Crippen LogP) is 5.66. The van der Waals surface area contributed by atoms with E-state index in [2.05, 4.69) is 10.1 Å². The molecule has 3 saturated carbocycles. The first kappa shape index (κ1) is 25.2. The van der Waals surface area contributed by atoms with Crippen molar-refractivity contribution in [3.8, 4) is 5.69 Å². The van der Waals surface area contributed by atoms with Crippen LogP contribution in [0.25, 0.3) is 11.8 Å². The Hall–Kier alpha value is -2.13. The minimum atomic E-state index is -1.87. The summed E-state index contributed by atoms with van der Waals surface area (Å²) in [6, 6.07) is 2.11. The number of pyridine rings is 1. The van der Waals surface area contributed by atoms with E-state index in [9.17, 15) is 18.7 Å². The molecule has 1 radical (unpaired) electrons. The molecule has 2 heterocycles. The number of aliphatic hydroxyl groups is 1. The SMILES string of the molecule is C[C@@H]1C[C@H]2[C@@H]3CCC4=Cc5c(cnn5-c5ccc(F)nc5)C[C@]4(C)[C@@]3(F)[C@@H](O)C[C@@]2(C)[C]1C(=O)SCF. The molecular formula is C28H31F3N3O2S. The summed E-state index contributed by atoms with van der Waals surface area (Å²) in [5, 5.41) is 15.8. The summed E-state index contributed by atoms with van der Waals surface area (Å²) in [6.45, 7) is 5.87. The van der Waals surface area contributed by atoms with Crippen LogP contribution in [0.15, 0.2) is 30.1 Å². The van der Waals surface area contributed by atoms with E-state index in [4.69, 9.17) is 0 Å². The average Bonchev–Trinajstić information content (AvgIpc) is 3.36. The molecule has 0 amide bonds. The molecule has 197 valence electrons. The lowest BCUT2D eigenvalue weighted by molar-refractivity contribution is -0.197. The van der Waals surface area contributed by atoms with Gasteiger partial charge in [-0.25, -0.2) is 18.4 Å². The lowest BCUT2D eigenvalue weighted by Gasteiger charge is -2.62. The van der Waals surface area contributed by atoms with Crippen molar-refractivity contribution in [2.24, 2.45) is 28.6 Å². The van der Waals surface area contributed by atoms with E-state index in [0.29, 0.717) is 49.1 Å². The Kier molecular flexibility index (Phi) is 5.74. The van der Waals surface area contributed by atoms with Gasteiger partial charge in [0.15, 0.2) is 5.12 Å². The maximum atomic E-state index is 17.7. The second kappa shape index (κ2) is 8.43. The number of rotatable bonds is 3. The summed E-state index contributed by atoms with van der Waals surface area (Å²) in [5.41, 5.74) is -0.175. The van der Waals surface area contributed by atoms with E-state index in [1.54, 1.807) is 16.9 Å². The molecule has 2 aromatic heterocycles. The number of thioether (sulfide) groups is 1. The zero-order valence-electron chi connectivity index (χ0n) is 21.2. The number of hydrogen-bond donors (Lipinski definition) is 1. The number of hydrogen-bond acceptors (Lipinski definition) is 5. The van der Waals surface area contributed by atoms with E-state index in [-0.39, 0.29) is 23.4 Å². The Bertz CT molecular complexity index is 1280. The highest BCUT2D eigenvalue weighted by Gasteiger charge is 2.72. The normalized spacial score (nSPS) is 38.8. The molecule has 1 N–H and O–H groups in total. The summed E-state index contributed by atoms with van der Waals surface area (Å²) in [7, 11) is 0. The predicted molar refractivity (Wildman–Crippen MR) is 135 cm³/mol. The highest BCUT2D eigenvalue weighted by Crippen LogP contribution is 2.71. The Morgan fingerprint density at radius 1 is 1.27 bits per heavy atom. The summed E-state index contributed by atoms with van der Waals surface area (Å²) < 4.78 is 45.8. The van der Waals surface area contributed by atoms with Crippen LogP contribution in [0, 0.1) is 40.4 Å². The minimum Gasteiger partial charge on any atom is -0.390 e. The first-order chi connectivity index (χ1) is 17.5. The Morgan fingerprint density at radius 2 is 2.05 bits per heavy atom. The summed E-state index contributed by atoms with van der Waals surface area (Å²) in [6.07, 6.45) is 6.34. The van der Waals surface area contributed by atoms with Crippen LogP contribution < -0.4 is 0 Å². The zero-order valence-corrected chi connectivity index (χ0v) is 22.0. The van der Waals surface area contributed by atoms with Gasteiger partial charge in [-0.2, -0.15) is 9.49 Å². The second-order valence-electron chi connectivity index (χ2n) is 11.7. The van der Waals surface area contributed by atoms with Crippen molar-refractivity contribution >= 4 is 23.0 Å². The van der Waals surface area contributed by atoms with Gasteiger partial charge in [0.05, 0.1) is 35.8 Å². The van der Waals surface area contributed by atoms with E-state index in [1.807, 2.05) is 26.8 Å². The lowest BCUT2D eigenvalue weighted by Crippen LogP contribution is -2.67. The number of aromatic nitrogens is 3. The number of carbonyl (C=O) groups excluding carboxylic acids is 1. The van der Waals surface area contributed by atoms with Crippen LogP contribution in [-0.4, -0.2) is 42.8 Å². The maximum absolute atomic E-state index is 17.7. The largest absolute Gasteiger partial charge is 0.390 e. The van der Waals surface area contributed by atoms with Gasteiger partial charge >= 0.3 is 0 Å². The Morgan fingerprint density at radius 3 is 2.76 bits per heavy atom. The van der Waals surface area contributed by atoms with Crippen LogP contribution in [0.2, 0.25) is 0 Å². The smallest absolute Gasteiger partial charge is 0.212 e. The van der Waals surface area contributed by atoms with Crippen molar-refractivity contribution in [2.75, 3.05) is 6.01 Å². The number of nitrogens with zero attached hydrogens (tertiary/aromatic N) is 3. The Labute approximate surface area is 218 Å². The number of carbonyl (C=O) groups is 1. The van der Waals surface area contributed by atoms with Gasteiger partial charge in [-0.15, -0.1) is 0 Å². The molecule has 5 nitrogen and oxygen atoms in total. The van der Waals surface area contributed by atoms with Crippen molar-refractivity contribution in [1.29, 1.82) is 0 Å². The van der Waals surface area contributed by atoms with E-state index >= 15 is 4.39 Å². The highest BCUT2D eigenvalue weighted by atomic mass is 32.2. The van der Waals surface area contributed by atoms with E-state index in [0.717, 1.165) is 16.8 Å². The van der Waals surface area contributed by atoms with Gasteiger partial charge in [0, 0.05) is 11.3 Å². The molecule has 0 saturated heterocycles. The van der Waals surface area contributed by atoms with Crippen LogP contribution in [0.5, 0.6) is 0 Å². The van der Waals surface area contributed by atoms with E-state index in [1.165, 1.54) is 12.3 Å². The van der Waals surface area contributed by atoms with Crippen LogP contribution in [-0.2, 0) is 11.2 Å². The third-order valence-electron chi connectivity index (χ3n) is 10.0. The third-order valence-corrected chi connectivity index (χ3v) is 10.6. The fourth-order valence-electron chi connectivity index (χ4n) is 8.47. The molecule has 6 rings (SSSR count). The van der Waals surface area contributed by atoms with Gasteiger partial charge < -0.3 is 5.11 Å². The van der Waals surface area contributed by atoms with Crippen LogP contribution in [0.3, 0.4) is 0 Å². The quantitative estimate of drug-likeness (QED) is 0.519. The number of halogens is 3. The molecule has 37 heavy (non-hydrogen) atoms. The number of aliphatic hydroxyl groups excluding tert-OH is 1. The second-order valence-corrected chi connectivity index (χ2v) is 12.6. The van der Waals surface area contributed by atoms with Gasteiger partial charge in [-0.3, -0.25) is 4.79 Å². The third kappa shape index (κ3) is 3.32. The van der Waals surface area contributed by atoms with Crippen molar-refractivity contribution in [3.63, 3.8) is 0 Å². The molecule has 0 bridgehead atoms. The molecule has 0 aliphatic heterocycles. The molecular weight excluding hydrogens is 499 g/mol. The molecule has 7 atom stereocenters. The first-order valence-electron chi connectivity index (χ1n) is 12.9. The molecule has 2 aromatic rings. The molecule has 9 heteroatoms. The molecule has 0 spiro atoms. The fourth-order valence-corrected chi connectivity index (χ4v) is 9.16. The zero-order chi connectivity index (χ0) is 26.3. The summed E-state index contributed by atoms with van der Waals surface area (Å²) >= 11 is 0.666. The monoisotopic (exact) mass is 530 g/mol. The van der Waals surface area contributed by atoms with Crippen molar-refractivity contribution in [1.82, 2.24) is 14.8 Å². The van der Waals surface area contributed by atoms with Crippen LogP contribution >= 0.6 is 11.8 Å². The molecule has 4 aliphatic rings. The standard InChI is InChI=1S/C28H31F3N3O2S/c1-15-8-20-19-6-4-17-9-21-16(12-33-34(21)18-5-7-23(30)32-13-18)10-27(17,3)28(19,31)22(35)11-26(20,2)24(15)25(36)37-14-29/h5,7,9,12-13,15,19-20,22,35H,4,6,8,10-11,14H2,1-3H3/t15-,19+,20+,22+,26-,27+,28+/m1/s1. The summed E-state index contributed by atoms with van der Waals surface area (Å²) in [4.78, 5) is 16.6. The van der Waals surface area contributed by atoms with Gasteiger partial charge in [0.2, 0.25) is 5.95 Å². The van der Waals surface area contributed by atoms with E-state index < -0.39 is 40.5 Å². The number of fused-ring (bicyclic) bond motifs is 6. The molecule has 0 aromatic carbocycles. The number of alkyl halides is 2. The molecule has 3 fully saturated rings. The Balaban J connectivity index is 1.39. The maximum Gasteiger partial charge on any atom is 0.212 e. The minimum absolute atomic E-state index is 0.0682. The van der Waals surface area contributed by atoms with Gasteiger partial charge in [-0.1, -0.05) is 38.1 Å². The van der Waals surface area contributed by atoms with Gasteiger partial charge in [0.25, 0.3) is 0 Å². The fraction of sp³-hybridized carbons (Fsp3) is 0.571. The lowest BCUT2D eigenvalue weighted by atomic mass is 9.44. The first-order valence-corrected chi connectivity index (χ1v) is 13.9. The highest BCUT2D eigenvalue weighted by molar-refractivity contribution is 8.13. The molecule has 4 aliphatic carbocycles.